The highest BCUT2D eigenvalue weighted by Crippen LogP contribution is 2.20. The second-order valence-corrected chi connectivity index (χ2v) is 3.67. The minimum absolute atomic E-state index is 0.0542. The zero-order valence-corrected chi connectivity index (χ0v) is 9.97. The molecule has 0 saturated carbocycles. The van der Waals surface area contributed by atoms with Crippen LogP contribution in [0.2, 0.25) is 0 Å². The van der Waals surface area contributed by atoms with E-state index in [1.807, 2.05) is 0 Å². The number of hydrogen-bond acceptors (Lipinski definition) is 4. The van der Waals surface area contributed by atoms with Crippen molar-refractivity contribution in [3.63, 3.8) is 0 Å². The van der Waals surface area contributed by atoms with Crippen LogP contribution in [0.4, 0.5) is 0 Å². The second-order valence-electron chi connectivity index (χ2n) is 3.67. The van der Waals surface area contributed by atoms with Crippen LogP contribution in [0.25, 0.3) is 0 Å². The SMILES string of the molecule is Cc1cccc(C(=O)NCCOCC(=O)O)c1O. The van der Waals surface area contributed by atoms with Crippen LogP contribution in [0.3, 0.4) is 0 Å². The lowest BCUT2D eigenvalue weighted by molar-refractivity contribution is -0.142. The Labute approximate surface area is 104 Å². The number of benzene rings is 1. The first kappa shape index (κ1) is 14.0. The molecule has 1 aromatic carbocycles. The number of ether oxygens (including phenoxy) is 1. The number of carboxylic acid groups (broad SMARTS) is 1. The van der Waals surface area contributed by atoms with Crippen molar-refractivity contribution in [3.8, 4) is 5.75 Å². The molecule has 1 amide bonds. The molecule has 0 aromatic heterocycles. The summed E-state index contributed by atoms with van der Waals surface area (Å²) in [7, 11) is 0. The van der Waals surface area contributed by atoms with Crippen LogP contribution in [0.1, 0.15) is 15.9 Å². The van der Waals surface area contributed by atoms with Gasteiger partial charge >= 0.3 is 5.97 Å². The number of rotatable bonds is 6. The van der Waals surface area contributed by atoms with Crippen LogP contribution in [-0.4, -0.2) is 41.8 Å². The smallest absolute Gasteiger partial charge is 0.329 e. The molecule has 3 N–H and O–H groups in total. The molecule has 0 saturated heterocycles. The fraction of sp³-hybridized carbons (Fsp3) is 0.333. The molecule has 0 radical (unpaired) electrons. The van der Waals surface area contributed by atoms with Crippen molar-refractivity contribution in [3.05, 3.63) is 29.3 Å². The summed E-state index contributed by atoms with van der Waals surface area (Å²) in [5.74, 6) is -1.53. The highest BCUT2D eigenvalue weighted by atomic mass is 16.5. The molecule has 0 aliphatic heterocycles. The van der Waals surface area contributed by atoms with E-state index < -0.39 is 18.5 Å². The molecular weight excluding hydrogens is 238 g/mol. The van der Waals surface area contributed by atoms with Gasteiger partial charge < -0.3 is 20.3 Å². The van der Waals surface area contributed by atoms with Crippen molar-refractivity contribution >= 4 is 11.9 Å². The summed E-state index contributed by atoms with van der Waals surface area (Å²) in [4.78, 5) is 21.8. The van der Waals surface area contributed by atoms with Crippen molar-refractivity contribution in [1.82, 2.24) is 5.32 Å². The van der Waals surface area contributed by atoms with Crippen LogP contribution in [0.5, 0.6) is 5.75 Å². The lowest BCUT2D eigenvalue weighted by Gasteiger charge is -2.08. The highest BCUT2D eigenvalue weighted by Gasteiger charge is 2.11. The van der Waals surface area contributed by atoms with Gasteiger partial charge in [0.25, 0.3) is 5.91 Å². The van der Waals surface area contributed by atoms with Gasteiger partial charge in [0, 0.05) is 6.54 Å². The van der Waals surface area contributed by atoms with Crippen LogP contribution in [-0.2, 0) is 9.53 Å². The summed E-state index contributed by atoms with van der Waals surface area (Å²) in [6, 6.07) is 4.88. The molecule has 6 heteroatoms. The van der Waals surface area contributed by atoms with Crippen molar-refractivity contribution < 1.29 is 24.5 Å². The molecule has 0 fully saturated rings. The van der Waals surface area contributed by atoms with Crippen molar-refractivity contribution in [2.24, 2.45) is 0 Å². The molecule has 0 atom stereocenters. The Balaban J connectivity index is 2.41. The molecule has 1 rings (SSSR count). The molecular formula is C12H15NO5. The Hall–Kier alpha value is -2.08. The number of nitrogens with one attached hydrogen (secondary N) is 1. The summed E-state index contributed by atoms with van der Waals surface area (Å²) < 4.78 is 4.76. The number of aromatic hydroxyl groups is 1. The van der Waals surface area contributed by atoms with Crippen LogP contribution < -0.4 is 5.32 Å². The molecule has 1 aromatic rings. The fourth-order valence-electron chi connectivity index (χ4n) is 1.33. The average molecular weight is 253 g/mol. The van der Waals surface area contributed by atoms with E-state index in [1.165, 1.54) is 6.07 Å². The number of carboxylic acids is 1. The average Bonchev–Trinajstić information content (AvgIpc) is 2.31. The highest BCUT2D eigenvalue weighted by molar-refractivity contribution is 5.97. The topological polar surface area (TPSA) is 95.9 Å². The summed E-state index contributed by atoms with van der Waals surface area (Å²) in [5, 5.41) is 20.5. The molecule has 0 unspecified atom stereocenters. The predicted molar refractivity (Wildman–Crippen MR) is 63.6 cm³/mol. The Morgan fingerprint density at radius 2 is 2.11 bits per heavy atom. The van der Waals surface area contributed by atoms with Crippen molar-refractivity contribution in [1.29, 1.82) is 0 Å². The number of carbonyl (C=O) groups is 2. The lowest BCUT2D eigenvalue weighted by Crippen LogP contribution is -2.28. The van der Waals surface area contributed by atoms with Gasteiger partial charge in [0.2, 0.25) is 0 Å². The maximum Gasteiger partial charge on any atom is 0.329 e. The first-order chi connectivity index (χ1) is 8.52. The molecule has 18 heavy (non-hydrogen) atoms. The third-order valence-corrected chi connectivity index (χ3v) is 2.24. The van der Waals surface area contributed by atoms with Gasteiger partial charge in [-0.25, -0.2) is 4.79 Å². The monoisotopic (exact) mass is 253 g/mol. The van der Waals surface area contributed by atoms with Crippen LogP contribution in [0, 0.1) is 6.92 Å². The minimum atomic E-state index is -1.06. The third-order valence-electron chi connectivity index (χ3n) is 2.24. The van der Waals surface area contributed by atoms with Crippen LogP contribution in [0.15, 0.2) is 18.2 Å². The Morgan fingerprint density at radius 1 is 1.39 bits per heavy atom. The van der Waals surface area contributed by atoms with Crippen LogP contribution >= 0.6 is 0 Å². The number of aryl methyl sites for hydroxylation is 1. The Kier molecular flexibility index (Phi) is 5.13. The largest absolute Gasteiger partial charge is 0.507 e. The van der Waals surface area contributed by atoms with E-state index in [1.54, 1.807) is 19.1 Å². The maximum absolute atomic E-state index is 11.7. The first-order valence-corrected chi connectivity index (χ1v) is 5.38. The van der Waals surface area contributed by atoms with Crippen molar-refractivity contribution in [2.45, 2.75) is 6.92 Å². The molecule has 0 heterocycles. The van der Waals surface area contributed by atoms with E-state index in [4.69, 9.17) is 9.84 Å². The molecule has 0 aliphatic rings. The standard InChI is InChI=1S/C12H15NO5/c1-8-3-2-4-9(11(8)16)12(17)13-5-6-18-7-10(14)15/h2-4,16H,5-7H2,1H3,(H,13,17)(H,14,15). The first-order valence-electron chi connectivity index (χ1n) is 5.38. The zero-order valence-electron chi connectivity index (χ0n) is 9.97. The van der Waals surface area contributed by atoms with E-state index in [2.05, 4.69) is 5.32 Å². The number of phenolic OH excluding ortho intramolecular Hbond substituents is 1. The second kappa shape index (κ2) is 6.61. The van der Waals surface area contributed by atoms with Gasteiger partial charge in [-0.15, -0.1) is 0 Å². The molecule has 98 valence electrons. The minimum Gasteiger partial charge on any atom is -0.507 e. The van der Waals surface area contributed by atoms with Gasteiger partial charge in [-0.1, -0.05) is 12.1 Å². The van der Waals surface area contributed by atoms with E-state index in [0.717, 1.165) is 0 Å². The molecule has 6 nitrogen and oxygen atoms in total. The van der Waals surface area contributed by atoms with E-state index in [9.17, 15) is 14.7 Å². The van der Waals surface area contributed by atoms with Gasteiger partial charge in [0.05, 0.1) is 12.2 Å². The normalized spacial score (nSPS) is 10.1. The summed E-state index contributed by atoms with van der Waals surface area (Å²) >= 11 is 0. The van der Waals surface area contributed by atoms with E-state index >= 15 is 0 Å². The van der Waals surface area contributed by atoms with E-state index in [0.29, 0.717) is 5.56 Å². The number of para-hydroxylation sites is 1. The lowest BCUT2D eigenvalue weighted by atomic mass is 10.1. The van der Waals surface area contributed by atoms with E-state index in [-0.39, 0.29) is 24.5 Å². The molecule has 0 bridgehead atoms. The van der Waals surface area contributed by atoms with Gasteiger partial charge in [-0.05, 0) is 18.6 Å². The quantitative estimate of drug-likeness (QED) is 0.643. The number of carbonyl (C=O) groups excluding carboxylic acids is 1. The molecule has 0 spiro atoms. The Morgan fingerprint density at radius 3 is 2.78 bits per heavy atom. The molecule has 0 aliphatic carbocycles. The number of hydrogen-bond donors (Lipinski definition) is 3. The van der Waals surface area contributed by atoms with Gasteiger partial charge in [-0.2, -0.15) is 0 Å². The number of phenols is 1. The summed E-state index contributed by atoms with van der Waals surface area (Å²) in [6.45, 7) is 1.58. The van der Waals surface area contributed by atoms with Gasteiger partial charge in [0.1, 0.15) is 12.4 Å². The predicted octanol–water partition coefficient (Wildman–Crippen LogP) is 0.532. The van der Waals surface area contributed by atoms with Gasteiger partial charge in [-0.3, -0.25) is 4.79 Å². The maximum atomic E-state index is 11.7. The van der Waals surface area contributed by atoms with Gasteiger partial charge in [0.15, 0.2) is 0 Å². The third kappa shape index (κ3) is 4.06. The summed E-state index contributed by atoms with van der Waals surface area (Å²) in [5.41, 5.74) is 0.804. The fourth-order valence-corrected chi connectivity index (χ4v) is 1.33. The summed E-state index contributed by atoms with van der Waals surface area (Å²) in [6.07, 6.45) is 0. The number of aliphatic carboxylic acids is 1. The zero-order chi connectivity index (χ0) is 13.5. The van der Waals surface area contributed by atoms with Crippen molar-refractivity contribution in [2.75, 3.05) is 19.8 Å². The number of amides is 1. The Bertz CT molecular complexity index is 444.